The molecule has 0 radical (unpaired) electrons. The first-order chi connectivity index (χ1) is 8.40. The summed E-state index contributed by atoms with van der Waals surface area (Å²) >= 11 is 0. The molecule has 0 aliphatic carbocycles. The molecule has 3 nitrogen and oxygen atoms in total. The van der Waals surface area contributed by atoms with Gasteiger partial charge < -0.3 is 10.1 Å². The minimum Gasteiger partial charge on any atom is -0.481 e. The maximum Gasteiger partial charge on any atom is 0.260 e. The predicted octanol–water partition coefficient (Wildman–Crippen LogP) is 2.84. The number of amides is 1. The summed E-state index contributed by atoms with van der Waals surface area (Å²) in [4.78, 5) is 11.8. The van der Waals surface area contributed by atoms with Crippen LogP contribution in [0.1, 0.15) is 31.9 Å². The number of carbonyl (C=O) groups is 1. The third kappa shape index (κ3) is 4.40. The molecule has 18 heavy (non-hydrogen) atoms. The molecule has 0 bridgehead atoms. The van der Waals surface area contributed by atoms with E-state index in [0.717, 1.165) is 5.75 Å². The molecule has 1 N–H and O–H groups in total. The number of benzene rings is 1. The van der Waals surface area contributed by atoms with Crippen molar-refractivity contribution in [2.75, 3.05) is 6.54 Å². The molecule has 1 rings (SSSR count). The topological polar surface area (TPSA) is 38.3 Å². The molecule has 1 atom stereocenters. The van der Waals surface area contributed by atoms with Crippen molar-refractivity contribution in [1.82, 2.24) is 5.32 Å². The zero-order valence-corrected chi connectivity index (χ0v) is 11.9. The SMILES string of the molecule is Cc1ccc(O[C@@H](C)C(=O)NCC(C)C)cc1C. The summed E-state index contributed by atoms with van der Waals surface area (Å²) in [7, 11) is 0. The summed E-state index contributed by atoms with van der Waals surface area (Å²) in [6.07, 6.45) is -0.467. The van der Waals surface area contributed by atoms with Crippen LogP contribution < -0.4 is 10.1 Å². The zero-order valence-electron chi connectivity index (χ0n) is 11.9. The highest BCUT2D eigenvalue weighted by atomic mass is 16.5. The molecule has 0 aromatic heterocycles. The van der Waals surface area contributed by atoms with Gasteiger partial charge in [-0.05, 0) is 49.9 Å². The largest absolute Gasteiger partial charge is 0.481 e. The van der Waals surface area contributed by atoms with Crippen molar-refractivity contribution in [2.24, 2.45) is 5.92 Å². The Bertz CT molecular complexity index is 413. The van der Waals surface area contributed by atoms with Crippen LogP contribution in [0.4, 0.5) is 0 Å². The monoisotopic (exact) mass is 249 g/mol. The van der Waals surface area contributed by atoms with Crippen molar-refractivity contribution in [2.45, 2.75) is 40.7 Å². The van der Waals surface area contributed by atoms with Crippen LogP contribution in [-0.2, 0) is 4.79 Å². The van der Waals surface area contributed by atoms with E-state index in [0.29, 0.717) is 12.5 Å². The van der Waals surface area contributed by atoms with E-state index in [-0.39, 0.29) is 5.91 Å². The van der Waals surface area contributed by atoms with Crippen molar-refractivity contribution in [3.05, 3.63) is 29.3 Å². The van der Waals surface area contributed by atoms with Crippen molar-refractivity contribution >= 4 is 5.91 Å². The maximum absolute atomic E-state index is 11.8. The van der Waals surface area contributed by atoms with Crippen LogP contribution in [0, 0.1) is 19.8 Å². The molecule has 1 amide bonds. The quantitative estimate of drug-likeness (QED) is 0.871. The van der Waals surface area contributed by atoms with Crippen molar-refractivity contribution in [3.63, 3.8) is 0 Å². The van der Waals surface area contributed by atoms with Crippen molar-refractivity contribution in [1.29, 1.82) is 0 Å². The van der Waals surface area contributed by atoms with Crippen molar-refractivity contribution in [3.8, 4) is 5.75 Å². The molecule has 1 aromatic rings. The molecule has 1 aromatic carbocycles. The normalized spacial score (nSPS) is 12.3. The Labute approximate surface area is 110 Å². The van der Waals surface area contributed by atoms with E-state index in [1.807, 2.05) is 25.1 Å². The number of rotatable bonds is 5. The molecule has 100 valence electrons. The lowest BCUT2D eigenvalue weighted by atomic mass is 10.1. The number of ether oxygens (including phenoxy) is 1. The van der Waals surface area contributed by atoms with Gasteiger partial charge in [0.25, 0.3) is 5.91 Å². The average molecular weight is 249 g/mol. The number of aryl methyl sites for hydroxylation is 2. The van der Waals surface area contributed by atoms with Crippen LogP contribution in [-0.4, -0.2) is 18.6 Å². The minimum absolute atomic E-state index is 0.0677. The maximum atomic E-state index is 11.8. The van der Waals surface area contributed by atoms with E-state index in [4.69, 9.17) is 4.74 Å². The van der Waals surface area contributed by atoms with Crippen LogP contribution in [0.5, 0.6) is 5.75 Å². The fourth-order valence-electron chi connectivity index (χ4n) is 1.49. The number of hydrogen-bond donors (Lipinski definition) is 1. The first-order valence-electron chi connectivity index (χ1n) is 6.41. The Kier molecular flexibility index (Phi) is 5.20. The molecule has 0 heterocycles. The van der Waals surface area contributed by atoms with E-state index in [9.17, 15) is 4.79 Å². The van der Waals surface area contributed by atoms with Gasteiger partial charge in [-0.1, -0.05) is 19.9 Å². The second-order valence-corrected chi connectivity index (χ2v) is 5.15. The highest BCUT2D eigenvalue weighted by Crippen LogP contribution is 2.17. The number of nitrogens with one attached hydrogen (secondary N) is 1. The minimum atomic E-state index is -0.467. The Morgan fingerprint density at radius 2 is 1.89 bits per heavy atom. The van der Waals surface area contributed by atoms with Gasteiger partial charge >= 0.3 is 0 Å². The molecule has 0 spiro atoms. The summed E-state index contributed by atoms with van der Waals surface area (Å²) < 4.78 is 5.63. The Hall–Kier alpha value is -1.51. The van der Waals surface area contributed by atoms with Gasteiger partial charge in [-0.3, -0.25) is 4.79 Å². The Morgan fingerprint density at radius 3 is 2.44 bits per heavy atom. The lowest BCUT2D eigenvalue weighted by Gasteiger charge is -2.16. The van der Waals surface area contributed by atoms with Crippen LogP contribution in [0.15, 0.2) is 18.2 Å². The molecule has 0 fully saturated rings. The highest BCUT2D eigenvalue weighted by molar-refractivity contribution is 5.80. The van der Waals surface area contributed by atoms with E-state index in [2.05, 4.69) is 26.1 Å². The van der Waals surface area contributed by atoms with Crippen LogP contribution >= 0.6 is 0 Å². The van der Waals surface area contributed by atoms with Gasteiger partial charge in [-0.2, -0.15) is 0 Å². The van der Waals surface area contributed by atoms with Gasteiger partial charge in [0, 0.05) is 6.54 Å². The third-order valence-electron chi connectivity index (χ3n) is 2.85. The number of hydrogen-bond acceptors (Lipinski definition) is 2. The van der Waals surface area contributed by atoms with Gasteiger partial charge in [-0.15, -0.1) is 0 Å². The van der Waals surface area contributed by atoms with Gasteiger partial charge in [0.15, 0.2) is 6.10 Å². The summed E-state index contributed by atoms with van der Waals surface area (Å²) in [6, 6.07) is 5.86. The smallest absolute Gasteiger partial charge is 0.260 e. The molecule has 0 saturated carbocycles. The molecular weight excluding hydrogens is 226 g/mol. The van der Waals surface area contributed by atoms with Gasteiger partial charge in [0.1, 0.15) is 5.75 Å². The Morgan fingerprint density at radius 1 is 1.22 bits per heavy atom. The summed E-state index contributed by atoms with van der Waals surface area (Å²) in [5.74, 6) is 1.12. The third-order valence-corrected chi connectivity index (χ3v) is 2.85. The molecule has 0 aliphatic heterocycles. The fraction of sp³-hybridized carbons (Fsp3) is 0.533. The van der Waals surface area contributed by atoms with Gasteiger partial charge in [0.05, 0.1) is 0 Å². The van der Waals surface area contributed by atoms with E-state index in [1.165, 1.54) is 11.1 Å². The molecule has 0 unspecified atom stereocenters. The van der Waals surface area contributed by atoms with Crippen LogP contribution in [0.25, 0.3) is 0 Å². The zero-order chi connectivity index (χ0) is 13.7. The Balaban J connectivity index is 2.55. The molecular formula is C15H23NO2. The first kappa shape index (κ1) is 14.6. The standard InChI is InChI=1S/C15H23NO2/c1-10(2)9-16-15(17)13(5)18-14-7-6-11(3)12(4)8-14/h6-8,10,13H,9H2,1-5H3,(H,16,17)/t13-/m0/s1. The lowest BCUT2D eigenvalue weighted by molar-refractivity contribution is -0.127. The predicted molar refractivity (Wildman–Crippen MR) is 73.9 cm³/mol. The average Bonchev–Trinajstić information content (AvgIpc) is 2.30. The lowest BCUT2D eigenvalue weighted by Crippen LogP contribution is -2.38. The molecule has 3 heteroatoms. The second kappa shape index (κ2) is 6.43. The summed E-state index contributed by atoms with van der Waals surface area (Å²) in [5, 5.41) is 2.86. The second-order valence-electron chi connectivity index (χ2n) is 5.15. The first-order valence-corrected chi connectivity index (χ1v) is 6.41. The van der Waals surface area contributed by atoms with E-state index in [1.54, 1.807) is 6.92 Å². The van der Waals surface area contributed by atoms with Gasteiger partial charge in [0.2, 0.25) is 0 Å². The van der Waals surface area contributed by atoms with E-state index < -0.39 is 6.10 Å². The van der Waals surface area contributed by atoms with Crippen LogP contribution in [0.2, 0.25) is 0 Å². The molecule has 0 aliphatic rings. The van der Waals surface area contributed by atoms with Crippen LogP contribution in [0.3, 0.4) is 0 Å². The molecule has 0 saturated heterocycles. The van der Waals surface area contributed by atoms with Gasteiger partial charge in [-0.25, -0.2) is 0 Å². The fourth-order valence-corrected chi connectivity index (χ4v) is 1.49. The summed E-state index contributed by atoms with van der Waals surface area (Å²) in [6.45, 7) is 10.7. The summed E-state index contributed by atoms with van der Waals surface area (Å²) in [5.41, 5.74) is 2.39. The number of carbonyl (C=O) groups excluding carboxylic acids is 1. The van der Waals surface area contributed by atoms with E-state index >= 15 is 0 Å². The van der Waals surface area contributed by atoms with Crippen molar-refractivity contribution < 1.29 is 9.53 Å². The highest BCUT2D eigenvalue weighted by Gasteiger charge is 2.14.